The van der Waals surface area contributed by atoms with E-state index in [2.05, 4.69) is 25.3 Å². The third-order valence-electron chi connectivity index (χ3n) is 5.48. The molecule has 4 rings (SSSR count). The van der Waals surface area contributed by atoms with Crippen LogP contribution in [0.2, 0.25) is 0 Å². The van der Waals surface area contributed by atoms with E-state index in [0.717, 1.165) is 49.7 Å². The molecule has 1 aliphatic heterocycles. The second kappa shape index (κ2) is 10.0. The Hall–Kier alpha value is -4.05. The van der Waals surface area contributed by atoms with Crippen molar-refractivity contribution < 1.29 is 14.7 Å². The molecular weight excluding hydrogens is 424 g/mol. The number of hydrogen-bond acceptors (Lipinski definition) is 6. The summed E-state index contributed by atoms with van der Waals surface area (Å²) < 4.78 is 1.42. The van der Waals surface area contributed by atoms with Gasteiger partial charge in [-0.2, -0.15) is 5.10 Å². The van der Waals surface area contributed by atoms with E-state index < -0.39 is 17.4 Å². The van der Waals surface area contributed by atoms with E-state index in [1.54, 1.807) is 24.5 Å². The summed E-state index contributed by atoms with van der Waals surface area (Å²) in [6, 6.07) is 9.46. The largest absolute Gasteiger partial charge is 0.478 e. The summed E-state index contributed by atoms with van der Waals surface area (Å²) in [6.45, 7) is 2.42. The molecule has 3 N–H and O–H groups in total. The first kappa shape index (κ1) is 22.2. The molecule has 0 atom stereocenters. The Morgan fingerprint density at radius 3 is 2.61 bits per heavy atom. The number of benzene rings is 1. The van der Waals surface area contributed by atoms with E-state index in [-0.39, 0.29) is 17.6 Å². The number of carboxylic acids is 1. The van der Waals surface area contributed by atoms with Gasteiger partial charge in [-0.25, -0.2) is 14.5 Å². The number of hydrogen-bond donors (Lipinski definition) is 3. The summed E-state index contributed by atoms with van der Waals surface area (Å²) in [7, 11) is 0. The number of aromatic amines is 1. The molecule has 0 radical (unpaired) electrons. The molecular formula is C23H24N6O4. The molecule has 0 spiro atoms. The number of H-pyrrole nitrogens is 1. The van der Waals surface area contributed by atoms with Crippen LogP contribution in [0.5, 0.6) is 0 Å². The van der Waals surface area contributed by atoms with Gasteiger partial charge in [0.1, 0.15) is 5.56 Å². The second-order valence-electron chi connectivity index (χ2n) is 7.84. The summed E-state index contributed by atoms with van der Waals surface area (Å²) >= 11 is 0. The maximum absolute atomic E-state index is 12.6. The zero-order valence-corrected chi connectivity index (χ0v) is 17.8. The van der Waals surface area contributed by atoms with E-state index in [4.69, 9.17) is 5.11 Å². The van der Waals surface area contributed by atoms with Gasteiger partial charge >= 0.3 is 5.97 Å². The van der Waals surface area contributed by atoms with Crippen molar-refractivity contribution in [3.63, 3.8) is 0 Å². The summed E-state index contributed by atoms with van der Waals surface area (Å²) in [5.41, 5.74) is 1.45. The second-order valence-corrected chi connectivity index (χ2v) is 7.84. The predicted octanol–water partition coefficient (Wildman–Crippen LogP) is 1.45. The fraction of sp³-hybridized carbons (Fsp3) is 0.261. The van der Waals surface area contributed by atoms with Crippen LogP contribution in [0.15, 0.2) is 59.8 Å². The van der Waals surface area contributed by atoms with Crippen molar-refractivity contribution >= 4 is 18.0 Å². The number of carbonyl (C=O) groups excluding carboxylic acids is 1. The molecule has 0 aliphatic carbocycles. The number of amides is 1. The first-order valence-electron chi connectivity index (χ1n) is 10.6. The van der Waals surface area contributed by atoms with Gasteiger partial charge in [0, 0.05) is 50.3 Å². The van der Waals surface area contributed by atoms with Crippen LogP contribution in [0, 0.1) is 0 Å². The number of likely N-dealkylation sites (tertiary alicyclic amines) is 1. The highest BCUT2D eigenvalue weighted by Gasteiger charge is 2.22. The maximum Gasteiger partial charge on any atom is 0.328 e. The van der Waals surface area contributed by atoms with Gasteiger partial charge in [0.15, 0.2) is 0 Å². The number of aliphatic carboxylic acids is 1. The molecule has 0 unspecified atom stereocenters. The van der Waals surface area contributed by atoms with Crippen molar-refractivity contribution in [2.45, 2.75) is 25.4 Å². The van der Waals surface area contributed by atoms with Gasteiger partial charge in [0.05, 0.1) is 0 Å². The maximum atomic E-state index is 12.6. The van der Waals surface area contributed by atoms with Crippen LogP contribution < -0.4 is 10.9 Å². The van der Waals surface area contributed by atoms with Crippen LogP contribution in [0.25, 0.3) is 12.0 Å². The third-order valence-corrected chi connectivity index (χ3v) is 5.48. The average molecular weight is 448 g/mol. The zero-order chi connectivity index (χ0) is 23.2. The SMILES string of the molecule is O=C(O)/C=C/c1ccc(CN2CCC(NC(=O)c3cnc(-n4cccn4)[nH]c3=O)CC2)cc1. The first-order valence-corrected chi connectivity index (χ1v) is 10.6. The molecule has 0 saturated carbocycles. The Kier molecular flexibility index (Phi) is 6.75. The highest BCUT2D eigenvalue weighted by Crippen LogP contribution is 2.15. The lowest BCUT2D eigenvalue weighted by Gasteiger charge is -2.32. The van der Waals surface area contributed by atoms with E-state index in [1.807, 2.05) is 24.3 Å². The van der Waals surface area contributed by atoms with Crippen molar-refractivity contribution in [3.8, 4) is 5.95 Å². The molecule has 1 amide bonds. The van der Waals surface area contributed by atoms with Crippen LogP contribution in [-0.2, 0) is 11.3 Å². The monoisotopic (exact) mass is 448 g/mol. The lowest BCUT2D eigenvalue weighted by molar-refractivity contribution is -0.131. The van der Waals surface area contributed by atoms with Crippen molar-refractivity contribution in [3.05, 3.63) is 82.0 Å². The molecule has 10 nitrogen and oxygen atoms in total. The number of nitrogens with one attached hydrogen (secondary N) is 2. The minimum atomic E-state index is -0.971. The van der Waals surface area contributed by atoms with Crippen molar-refractivity contribution in [2.24, 2.45) is 0 Å². The van der Waals surface area contributed by atoms with Gasteiger partial charge in [0.25, 0.3) is 11.5 Å². The Morgan fingerprint density at radius 2 is 1.97 bits per heavy atom. The van der Waals surface area contributed by atoms with Gasteiger partial charge in [-0.1, -0.05) is 24.3 Å². The van der Waals surface area contributed by atoms with Crippen molar-refractivity contribution in [1.82, 2.24) is 30.0 Å². The van der Waals surface area contributed by atoms with Crippen LogP contribution in [-0.4, -0.2) is 60.8 Å². The minimum Gasteiger partial charge on any atom is -0.478 e. The fourth-order valence-electron chi connectivity index (χ4n) is 3.72. The molecule has 1 aromatic carbocycles. The van der Waals surface area contributed by atoms with E-state index in [0.29, 0.717) is 0 Å². The molecule has 0 bridgehead atoms. The molecule has 2 aromatic heterocycles. The van der Waals surface area contributed by atoms with Gasteiger partial charge in [-0.3, -0.25) is 19.5 Å². The average Bonchev–Trinajstić information content (AvgIpc) is 3.35. The van der Waals surface area contributed by atoms with Crippen LogP contribution >= 0.6 is 0 Å². The van der Waals surface area contributed by atoms with Crippen molar-refractivity contribution in [1.29, 1.82) is 0 Å². The Bertz CT molecular complexity index is 1190. The molecule has 1 saturated heterocycles. The smallest absolute Gasteiger partial charge is 0.328 e. The van der Waals surface area contributed by atoms with Gasteiger partial charge in [0.2, 0.25) is 5.95 Å². The fourth-order valence-corrected chi connectivity index (χ4v) is 3.72. The molecule has 10 heteroatoms. The molecule has 33 heavy (non-hydrogen) atoms. The number of rotatable bonds is 7. The summed E-state index contributed by atoms with van der Waals surface area (Å²) in [4.78, 5) is 44.5. The molecule has 1 fully saturated rings. The summed E-state index contributed by atoms with van der Waals surface area (Å²) in [5.74, 6) is -1.15. The number of piperidine rings is 1. The van der Waals surface area contributed by atoms with Crippen LogP contribution in [0.3, 0.4) is 0 Å². The molecule has 1 aliphatic rings. The van der Waals surface area contributed by atoms with Crippen molar-refractivity contribution in [2.75, 3.05) is 13.1 Å². The minimum absolute atomic E-state index is 0.0116. The Balaban J connectivity index is 1.27. The number of carbonyl (C=O) groups is 2. The Morgan fingerprint density at radius 1 is 1.21 bits per heavy atom. The third kappa shape index (κ3) is 5.80. The standard InChI is InChI=1S/C23H24N6O4/c30-20(31)7-6-16-2-4-17(5-3-16)15-28-12-8-18(9-13-28)26-21(32)19-14-24-23(27-22(19)33)29-11-1-10-25-29/h1-7,10-11,14,18H,8-9,12-13,15H2,(H,26,32)(H,30,31)(H,24,27,33)/b7-6+. The topological polar surface area (TPSA) is 133 Å². The summed E-state index contributed by atoms with van der Waals surface area (Å²) in [5, 5.41) is 15.7. The van der Waals surface area contributed by atoms with E-state index in [1.165, 1.54) is 10.9 Å². The molecule has 170 valence electrons. The quantitative estimate of drug-likeness (QED) is 0.466. The predicted molar refractivity (Wildman–Crippen MR) is 121 cm³/mol. The molecule has 3 heterocycles. The van der Waals surface area contributed by atoms with Crippen LogP contribution in [0.4, 0.5) is 0 Å². The Labute approximate surface area is 189 Å². The highest BCUT2D eigenvalue weighted by atomic mass is 16.4. The van der Waals surface area contributed by atoms with E-state index >= 15 is 0 Å². The van der Waals surface area contributed by atoms with Crippen LogP contribution in [0.1, 0.15) is 34.3 Å². The number of aromatic nitrogens is 4. The molecule has 3 aromatic rings. The normalized spacial score (nSPS) is 15.0. The van der Waals surface area contributed by atoms with Gasteiger partial charge < -0.3 is 10.4 Å². The highest BCUT2D eigenvalue weighted by molar-refractivity contribution is 5.93. The lowest BCUT2D eigenvalue weighted by Crippen LogP contribution is -2.45. The zero-order valence-electron chi connectivity index (χ0n) is 17.8. The number of nitrogens with zero attached hydrogens (tertiary/aromatic N) is 4. The summed E-state index contributed by atoms with van der Waals surface area (Å²) in [6.07, 6.45) is 8.73. The first-order chi connectivity index (χ1) is 16.0. The lowest BCUT2D eigenvalue weighted by atomic mass is 10.0. The number of carboxylic acid groups (broad SMARTS) is 1. The van der Waals surface area contributed by atoms with Gasteiger partial charge in [-0.15, -0.1) is 0 Å². The van der Waals surface area contributed by atoms with E-state index in [9.17, 15) is 14.4 Å². The van der Waals surface area contributed by atoms with Gasteiger partial charge in [-0.05, 0) is 36.1 Å².